The van der Waals surface area contributed by atoms with Gasteiger partial charge in [0.25, 0.3) is 0 Å². The van der Waals surface area contributed by atoms with Gasteiger partial charge in [-0.25, -0.2) is 0 Å². The standard InChI is InChI=1S/C14H16ClNS2/c1-10(2)16-9-11-5-6-12(8-13(11)15)18-14-4-3-7-17-14/h3-8,10,16H,9H2,1-2H3. The molecule has 0 atom stereocenters. The largest absolute Gasteiger partial charge is 0.310 e. The van der Waals surface area contributed by atoms with Crippen molar-refractivity contribution in [3.63, 3.8) is 0 Å². The molecule has 4 heteroatoms. The van der Waals surface area contributed by atoms with Gasteiger partial charge < -0.3 is 5.32 Å². The molecule has 0 saturated heterocycles. The molecule has 1 nitrogen and oxygen atoms in total. The molecule has 0 aliphatic heterocycles. The van der Waals surface area contributed by atoms with Crippen LogP contribution in [0.15, 0.2) is 44.8 Å². The molecule has 2 rings (SSSR count). The molecular formula is C14H16ClNS2. The first-order chi connectivity index (χ1) is 8.65. The molecule has 1 aromatic carbocycles. The SMILES string of the molecule is CC(C)NCc1ccc(Sc2cccs2)cc1Cl. The van der Waals surface area contributed by atoms with E-state index in [0.29, 0.717) is 6.04 Å². The number of hydrogen-bond acceptors (Lipinski definition) is 3. The van der Waals surface area contributed by atoms with E-state index in [1.807, 2.05) is 6.07 Å². The number of nitrogens with one attached hydrogen (secondary N) is 1. The van der Waals surface area contributed by atoms with Crippen molar-refractivity contribution >= 4 is 34.7 Å². The Hall–Kier alpha value is -0.480. The van der Waals surface area contributed by atoms with Gasteiger partial charge in [0.05, 0.1) is 4.21 Å². The van der Waals surface area contributed by atoms with Gasteiger partial charge in [-0.2, -0.15) is 0 Å². The van der Waals surface area contributed by atoms with Crippen LogP contribution in [0.1, 0.15) is 19.4 Å². The monoisotopic (exact) mass is 297 g/mol. The van der Waals surface area contributed by atoms with Gasteiger partial charge in [0, 0.05) is 22.5 Å². The average molecular weight is 298 g/mol. The van der Waals surface area contributed by atoms with Crippen molar-refractivity contribution in [2.75, 3.05) is 0 Å². The fourth-order valence-corrected chi connectivity index (χ4v) is 3.59. The van der Waals surface area contributed by atoms with Crippen molar-refractivity contribution in [1.29, 1.82) is 0 Å². The zero-order valence-corrected chi connectivity index (χ0v) is 12.8. The Morgan fingerprint density at radius 2 is 2.17 bits per heavy atom. The van der Waals surface area contributed by atoms with Crippen molar-refractivity contribution in [3.05, 3.63) is 46.3 Å². The van der Waals surface area contributed by atoms with E-state index in [9.17, 15) is 0 Å². The Morgan fingerprint density at radius 1 is 1.33 bits per heavy atom. The highest BCUT2D eigenvalue weighted by molar-refractivity contribution is 8.01. The third-order valence-electron chi connectivity index (χ3n) is 2.44. The Labute approximate surface area is 122 Å². The number of rotatable bonds is 5. The van der Waals surface area contributed by atoms with Crippen molar-refractivity contribution in [3.8, 4) is 0 Å². The average Bonchev–Trinajstić information content (AvgIpc) is 2.80. The summed E-state index contributed by atoms with van der Waals surface area (Å²) < 4.78 is 1.29. The van der Waals surface area contributed by atoms with Crippen LogP contribution in [0.2, 0.25) is 5.02 Å². The van der Waals surface area contributed by atoms with Crippen LogP contribution in [0, 0.1) is 0 Å². The molecule has 0 aliphatic rings. The number of thiophene rings is 1. The van der Waals surface area contributed by atoms with Crippen LogP contribution in [-0.2, 0) is 6.54 Å². The molecule has 0 aliphatic carbocycles. The zero-order chi connectivity index (χ0) is 13.0. The molecule has 0 saturated carbocycles. The highest BCUT2D eigenvalue weighted by Gasteiger charge is 2.04. The lowest BCUT2D eigenvalue weighted by molar-refractivity contribution is 0.589. The lowest BCUT2D eigenvalue weighted by atomic mass is 10.2. The normalized spacial score (nSPS) is 11.1. The zero-order valence-electron chi connectivity index (χ0n) is 10.4. The van der Waals surface area contributed by atoms with Crippen LogP contribution in [-0.4, -0.2) is 6.04 Å². The summed E-state index contributed by atoms with van der Waals surface area (Å²) in [5.74, 6) is 0. The summed E-state index contributed by atoms with van der Waals surface area (Å²) in [7, 11) is 0. The second-order valence-electron chi connectivity index (χ2n) is 4.32. The molecular weight excluding hydrogens is 282 g/mol. The molecule has 96 valence electrons. The molecule has 0 bridgehead atoms. The molecule has 0 fully saturated rings. The molecule has 18 heavy (non-hydrogen) atoms. The molecule has 0 unspecified atom stereocenters. The van der Waals surface area contributed by atoms with Gasteiger partial charge in [-0.1, -0.05) is 49.3 Å². The van der Waals surface area contributed by atoms with Gasteiger partial charge in [-0.3, -0.25) is 0 Å². The second-order valence-corrected chi connectivity index (χ2v) is 7.05. The number of benzene rings is 1. The van der Waals surface area contributed by atoms with E-state index in [1.165, 1.54) is 9.10 Å². The Morgan fingerprint density at radius 3 is 2.78 bits per heavy atom. The quantitative estimate of drug-likeness (QED) is 0.829. The van der Waals surface area contributed by atoms with Crippen LogP contribution in [0.5, 0.6) is 0 Å². The van der Waals surface area contributed by atoms with Crippen LogP contribution >= 0.6 is 34.7 Å². The summed E-state index contributed by atoms with van der Waals surface area (Å²) >= 11 is 9.81. The minimum atomic E-state index is 0.473. The number of halogens is 1. The molecule has 0 spiro atoms. The molecule has 1 heterocycles. The van der Waals surface area contributed by atoms with E-state index in [-0.39, 0.29) is 0 Å². The van der Waals surface area contributed by atoms with Gasteiger partial charge in [-0.15, -0.1) is 11.3 Å². The molecule has 1 N–H and O–H groups in total. The first kappa shape index (κ1) is 13.9. The van der Waals surface area contributed by atoms with Gasteiger partial charge >= 0.3 is 0 Å². The third kappa shape index (κ3) is 4.02. The van der Waals surface area contributed by atoms with E-state index in [1.54, 1.807) is 23.1 Å². The summed E-state index contributed by atoms with van der Waals surface area (Å²) in [5, 5.41) is 6.30. The minimum Gasteiger partial charge on any atom is -0.310 e. The maximum absolute atomic E-state index is 6.30. The summed E-state index contributed by atoms with van der Waals surface area (Å²) in [6.45, 7) is 5.09. The Bertz CT molecular complexity index is 495. The van der Waals surface area contributed by atoms with E-state index >= 15 is 0 Å². The Kier molecular flexibility index (Phi) is 5.13. The fourth-order valence-electron chi connectivity index (χ4n) is 1.49. The fraction of sp³-hybridized carbons (Fsp3) is 0.286. The summed E-state index contributed by atoms with van der Waals surface area (Å²) in [4.78, 5) is 1.19. The van der Waals surface area contributed by atoms with Crippen molar-refractivity contribution in [2.45, 2.75) is 35.5 Å². The van der Waals surface area contributed by atoms with E-state index in [0.717, 1.165) is 17.1 Å². The predicted molar refractivity (Wildman–Crippen MR) is 81.9 cm³/mol. The van der Waals surface area contributed by atoms with Crippen molar-refractivity contribution in [1.82, 2.24) is 5.32 Å². The van der Waals surface area contributed by atoms with E-state index in [4.69, 9.17) is 11.6 Å². The van der Waals surface area contributed by atoms with Crippen LogP contribution < -0.4 is 5.32 Å². The first-order valence-electron chi connectivity index (χ1n) is 5.88. The number of hydrogen-bond donors (Lipinski definition) is 1. The van der Waals surface area contributed by atoms with E-state index in [2.05, 4.69) is 48.8 Å². The highest BCUT2D eigenvalue weighted by Crippen LogP contribution is 2.33. The Balaban J connectivity index is 2.05. The molecule has 0 amide bonds. The van der Waals surface area contributed by atoms with Crippen LogP contribution in [0.25, 0.3) is 0 Å². The molecule has 2 aromatic rings. The second kappa shape index (κ2) is 6.62. The van der Waals surface area contributed by atoms with Crippen molar-refractivity contribution < 1.29 is 0 Å². The maximum Gasteiger partial charge on any atom is 0.0646 e. The van der Waals surface area contributed by atoms with Gasteiger partial charge in [0.2, 0.25) is 0 Å². The first-order valence-corrected chi connectivity index (χ1v) is 7.96. The lowest BCUT2D eigenvalue weighted by Gasteiger charge is -2.10. The highest BCUT2D eigenvalue weighted by atomic mass is 35.5. The van der Waals surface area contributed by atoms with E-state index < -0.39 is 0 Å². The lowest BCUT2D eigenvalue weighted by Crippen LogP contribution is -2.21. The van der Waals surface area contributed by atoms with Crippen LogP contribution in [0.3, 0.4) is 0 Å². The third-order valence-corrected chi connectivity index (χ3v) is 4.82. The predicted octanol–water partition coefficient (Wildman–Crippen LogP) is 5.05. The topological polar surface area (TPSA) is 12.0 Å². The summed E-state index contributed by atoms with van der Waals surface area (Å²) in [6.07, 6.45) is 0. The van der Waals surface area contributed by atoms with Gasteiger partial charge in [0.15, 0.2) is 0 Å². The molecule has 1 aromatic heterocycles. The minimum absolute atomic E-state index is 0.473. The maximum atomic E-state index is 6.30. The van der Waals surface area contributed by atoms with Crippen LogP contribution in [0.4, 0.5) is 0 Å². The summed E-state index contributed by atoms with van der Waals surface area (Å²) in [6, 6.07) is 10.9. The molecule has 0 radical (unpaired) electrons. The van der Waals surface area contributed by atoms with Gasteiger partial charge in [-0.05, 0) is 29.1 Å². The smallest absolute Gasteiger partial charge is 0.0646 e. The summed E-state index contributed by atoms with van der Waals surface area (Å²) in [5.41, 5.74) is 1.15. The van der Waals surface area contributed by atoms with Gasteiger partial charge in [0.1, 0.15) is 0 Å². The van der Waals surface area contributed by atoms with Crippen molar-refractivity contribution in [2.24, 2.45) is 0 Å².